The zero-order valence-electron chi connectivity index (χ0n) is 10.5. The maximum atomic E-state index is 6.07. The summed E-state index contributed by atoms with van der Waals surface area (Å²) in [4.78, 5) is 8.50. The van der Waals surface area contributed by atoms with E-state index in [1.165, 1.54) is 0 Å². The Morgan fingerprint density at radius 3 is 2.79 bits per heavy atom. The zero-order valence-corrected chi connectivity index (χ0v) is 12.8. The Labute approximate surface area is 124 Å². The molecule has 4 nitrogen and oxygen atoms in total. The van der Waals surface area contributed by atoms with Crippen LogP contribution in [-0.2, 0) is 11.3 Å². The third-order valence-corrected chi connectivity index (χ3v) is 3.06. The zero-order chi connectivity index (χ0) is 13.8. The first-order valence-corrected chi connectivity index (χ1v) is 6.72. The van der Waals surface area contributed by atoms with E-state index in [0.29, 0.717) is 29.1 Å². The van der Waals surface area contributed by atoms with E-state index in [9.17, 15) is 0 Å². The lowest BCUT2D eigenvalue weighted by atomic mass is 10.3. The highest BCUT2D eigenvalue weighted by Crippen LogP contribution is 2.31. The second-order valence-electron chi connectivity index (χ2n) is 3.87. The van der Waals surface area contributed by atoms with Gasteiger partial charge in [0.15, 0.2) is 5.82 Å². The largest absolute Gasteiger partial charge is 0.437 e. The third-order valence-electron chi connectivity index (χ3n) is 2.26. The number of rotatable bonds is 4. The number of aromatic nitrogens is 2. The predicted molar refractivity (Wildman–Crippen MR) is 76.7 cm³/mol. The first-order chi connectivity index (χ1) is 9.08. The molecule has 0 unspecified atom stereocenters. The molecule has 0 bridgehead atoms. The van der Waals surface area contributed by atoms with Gasteiger partial charge in [-0.2, -0.15) is 4.98 Å². The van der Waals surface area contributed by atoms with E-state index in [1.54, 1.807) is 25.3 Å². The van der Waals surface area contributed by atoms with Gasteiger partial charge < -0.3 is 9.47 Å². The van der Waals surface area contributed by atoms with Crippen molar-refractivity contribution in [1.29, 1.82) is 0 Å². The van der Waals surface area contributed by atoms with E-state index in [4.69, 9.17) is 21.1 Å². The first-order valence-electron chi connectivity index (χ1n) is 5.55. The van der Waals surface area contributed by atoms with Crippen LogP contribution in [-0.4, -0.2) is 17.1 Å². The van der Waals surface area contributed by atoms with Gasteiger partial charge in [-0.3, -0.25) is 0 Å². The fourth-order valence-electron chi connectivity index (χ4n) is 1.51. The van der Waals surface area contributed by atoms with Gasteiger partial charge in [0, 0.05) is 23.3 Å². The predicted octanol–water partition coefficient (Wildman–Crippen LogP) is 4.14. The molecule has 0 saturated carbocycles. The van der Waals surface area contributed by atoms with Crippen LogP contribution in [0, 0.1) is 6.92 Å². The fraction of sp³-hybridized carbons (Fsp3) is 0.231. The summed E-state index contributed by atoms with van der Waals surface area (Å²) in [6.45, 7) is 2.21. The molecule has 0 radical (unpaired) electrons. The molecule has 1 aromatic carbocycles. The molecule has 100 valence electrons. The van der Waals surface area contributed by atoms with E-state index in [1.807, 2.05) is 13.0 Å². The molecule has 2 aromatic rings. The molecule has 0 atom stereocenters. The average molecular weight is 344 g/mol. The molecule has 0 aliphatic heterocycles. The number of halogens is 2. The van der Waals surface area contributed by atoms with Gasteiger partial charge in [0.2, 0.25) is 5.88 Å². The highest BCUT2D eigenvalue weighted by atomic mass is 79.9. The molecule has 0 saturated heterocycles. The molecule has 19 heavy (non-hydrogen) atoms. The van der Waals surface area contributed by atoms with Crippen LogP contribution in [0.3, 0.4) is 0 Å². The van der Waals surface area contributed by atoms with Crippen LogP contribution in [0.1, 0.15) is 11.5 Å². The monoisotopic (exact) mass is 342 g/mol. The third kappa shape index (κ3) is 3.89. The summed E-state index contributed by atoms with van der Waals surface area (Å²) in [6, 6.07) is 7.13. The second-order valence-corrected chi connectivity index (χ2v) is 5.20. The molecule has 1 aromatic heterocycles. The number of benzene rings is 1. The van der Waals surface area contributed by atoms with Gasteiger partial charge in [-0.1, -0.05) is 27.5 Å². The van der Waals surface area contributed by atoms with Crippen LogP contribution < -0.4 is 4.74 Å². The fourth-order valence-corrected chi connectivity index (χ4v) is 2.01. The van der Waals surface area contributed by atoms with Crippen molar-refractivity contribution < 1.29 is 9.47 Å². The summed E-state index contributed by atoms with van der Waals surface area (Å²) in [7, 11) is 1.59. The lowest BCUT2D eigenvalue weighted by Gasteiger charge is -2.09. The molecule has 0 amide bonds. The van der Waals surface area contributed by atoms with Crippen LogP contribution in [0.5, 0.6) is 11.6 Å². The molecule has 0 aliphatic carbocycles. The minimum absolute atomic E-state index is 0.338. The van der Waals surface area contributed by atoms with E-state index < -0.39 is 0 Å². The maximum Gasteiger partial charge on any atom is 0.222 e. The Morgan fingerprint density at radius 2 is 2.05 bits per heavy atom. The Kier molecular flexibility index (Phi) is 4.74. The number of ether oxygens (including phenoxy) is 2. The summed E-state index contributed by atoms with van der Waals surface area (Å²) in [5.74, 6) is 1.56. The van der Waals surface area contributed by atoms with Gasteiger partial charge in [0.25, 0.3) is 0 Å². The van der Waals surface area contributed by atoms with Gasteiger partial charge in [-0.15, -0.1) is 0 Å². The first kappa shape index (κ1) is 14.2. The number of hydrogen-bond donors (Lipinski definition) is 0. The molecule has 2 rings (SSSR count). The smallest absolute Gasteiger partial charge is 0.222 e. The highest BCUT2D eigenvalue weighted by Gasteiger charge is 2.08. The topological polar surface area (TPSA) is 44.2 Å². The van der Waals surface area contributed by atoms with Crippen LogP contribution in [0.15, 0.2) is 28.7 Å². The highest BCUT2D eigenvalue weighted by molar-refractivity contribution is 9.10. The minimum Gasteiger partial charge on any atom is -0.437 e. The van der Waals surface area contributed by atoms with Gasteiger partial charge >= 0.3 is 0 Å². The SMILES string of the molecule is COCc1nc(C)cc(Oc2cc(Br)ccc2Cl)n1. The summed E-state index contributed by atoms with van der Waals surface area (Å²) in [6.07, 6.45) is 0. The molecular weight excluding hydrogens is 332 g/mol. The summed E-state index contributed by atoms with van der Waals surface area (Å²) in [5.41, 5.74) is 0.808. The molecule has 0 spiro atoms. The number of aryl methyl sites for hydroxylation is 1. The quantitative estimate of drug-likeness (QED) is 0.837. The van der Waals surface area contributed by atoms with Gasteiger partial charge in [0.1, 0.15) is 12.4 Å². The van der Waals surface area contributed by atoms with Crippen LogP contribution in [0.2, 0.25) is 5.02 Å². The molecule has 0 fully saturated rings. The van der Waals surface area contributed by atoms with Crippen molar-refractivity contribution in [3.63, 3.8) is 0 Å². The molecule has 0 aliphatic rings. The van der Waals surface area contributed by atoms with E-state index in [-0.39, 0.29) is 0 Å². The Hall–Kier alpha value is -1.17. The lowest BCUT2D eigenvalue weighted by molar-refractivity contribution is 0.177. The lowest BCUT2D eigenvalue weighted by Crippen LogP contribution is -2.00. The minimum atomic E-state index is 0.338. The Morgan fingerprint density at radius 1 is 1.26 bits per heavy atom. The summed E-state index contributed by atoms with van der Waals surface area (Å²) < 4.78 is 11.6. The number of nitrogens with zero attached hydrogens (tertiary/aromatic N) is 2. The van der Waals surface area contributed by atoms with E-state index in [0.717, 1.165) is 10.2 Å². The van der Waals surface area contributed by atoms with Crippen molar-refractivity contribution in [2.24, 2.45) is 0 Å². The van der Waals surface area contributed by atoms with Crippen molar-refractivity contribution in [2.45, 2.75) is 13.5 Å². The Balaban J connectivity index is 2.29. The summed E-state index contributed by atoms with van der Waals surface area (Å²) in [5, 5.41) is 0.521. The van der Waals surface area contributed by atoms with Crippen LogP contribution in [0.4, 0.5) is 0 Å². The van der Waals surface area contributed by atoms with Crippen molar-refractivity contribution in [1.82, 2.24) is 9.97 Å². The molecule has 6 heteroatoms. The standard InChI is InChI=1S/C13H12BrClN2O2/c1-8-5-13(17-12(16-8)7-18-2)19-11-6-9(14)3-4-10(11)15/h3-6H,7H2,1-2H3. The summed E-state index contributed by atoms with van der Waals surface area (Å²) >= 11 is 9.44. The van der Waals surface area contributed by atoms with Crippen molar-refractivity contribution in [3.05, 3.63) is 45.3 Å². The van der Waals surface area contributed by atoms with Gasteiger partial charge in [0.05, 0.1) is 5.02 Å². The number of hydrogen-bond acceptors (Lipinski definition) is 4. The van der Waals surface area contributed by atoms with Crippen molar-refractivity contribution in [2.75, 3.05) is 7.11 Å². The van der Waals surface area contributed by atoms with Crippen molar-refractivity contribution in [3.8, 4) is 11.6 Å². The van der Waals surface area contributed by atoms with Crippen LogP contribution >= 0.6 is 27.5 Å². The van der Waals surface area contributed by atoms with E-state index in [2.05, 4.69) is 25.9 Å². The molecular formula is C13H12BrClN2O2. The van der Waals surface area contributed by atoms with Gasteiger partial charge in [-0.05, 0) is 25.1 Å². The normalized spacial score (nSPS) is 10.5. The van der Waals surface area contributed by atoms with E-state index >= 15 is 0 Å². The molecule has 1 heterocycles. The van der Waals surface area contributed by atoms with Gasteiger partial charge in [-0.25, -0.2) is 4.98 Å². The molecule has 0 N–H and O–H groups in total. The second kappa shape index (κ2) is 6.32. The maximum absolute atomic E-state index is 6.07. The van der Waals surface area contributed by atoms with Crippen LogP contribution in [0.25, 0.3) is 0 Å². The number of methoxy groups -OCH3 is 1. The van der Waals surface area contributed by atoms with Crippen molar-refractivity contribution >= 4 is 27.5 Å². The Bertz CT molecular complexity index is 593. The average Bonchev–Trinajstić information content (AvgIpc) is 2.33.